The lowest BCUT2D eigenvalue weighted by molar-refractivity contribution is -0.385. The van der Waals surface area contributed by atoms with Crippen molar-refractivity contribution >= 4 is 33.4 Å². The zero-order chi connectivity index (χ0) is 22.1. The maximum absolute atomic E-state index is 12.8. The van der Waals surface area contributed by atoms with E-state index in [0.29, 0.717) is 22.4 Å². The first kappa shape index (κ1) is 20.9. The minimum atomic E-state index is -4.12. The number of aromatic nitrogens is 2. The second kappa shape index (κ2) is 7.91. The first-order chi connectivity index (χ1) is 14.1. The van der Waals surface area contributed by atoms with Crippen molar-refractivity contribution in [2.75, 3.05) is 7.05 Å². The van der Waals surface area contributed by atoms with Gasteiger partial charge in [0.2, 0.25) is 0 Å². The molecular weight excluding hydrogens is 414 g/mol. The largest absolute Gasteiger partial charge is 0.427 e. The van der Waals surface area contributed by atoms with E-state index in [2.05, 4.69) is 10.2 Å². The minimum absolute atomic E-state index is 0.214. The molecule has 0 atom stereocenters. The van der Waals surface area contributed by atoms with Gasteiger partial charge in [0.25, 0.3) is 15.7 Å². The minimum Gasteiger partial charge on any atom is -0.427 e. The molecule has 0 N–H and O–H groups in total. The van der Waals surface area contributed by atoms with Gasteiger partial charge < -0.3 is 4.74 Å². The summed E-state index contributed by atoms with van der Waals surface area (Å²) in [4.78, 5) is 21.2. The number of nitro groups is 1. The zero-order valence-corrected chi connectivity index (χ0v) is 17.0. The van der Waals surface area contributed by atoms with Crippen LogP contribution in [-0.2, 0) is 14.8 Å². The van der Waals surface area contributed by atoms with Gasteiger partial charge in [0.1, 0.15) is 5.75 Å². The van der Waals surface area contributed by atoms with Gasteiger partial charge in [0.15, 0.2) is 0 Å². The number of hydrogen-bond donors (Lipinski definition) is 0. The normalized spacial score (nSPS) is 11.7. The van der Waals surface area contributed by atoms with Crippen LogP contribution < -0.4 is 4.74 Å². The number of sulfonamides is 1. The number of rotatable bonds is 6. The lowest BCUT2D eigenvalue weighted by Gasteiger charge is -2.15. The SMILES string of the molecule is CC(=O)Oc1ccn2ncc(C=NN(C)S(=O)(=O)c3cc([N+](=O)[O-])ccc3C)c2c1. The number of nitrogens with zero attached hydrogens (tertiary/aromatic N) is 5. The number of carbonyl (C=O) groups is 1. The lowest BCUT2D eigenvalue weighted by atomic mass is 10.2. The Morgan fingerprint density at radius 3 is 2.73 bits per heavy atom. The molecule has 0 saturated carbocycles. The number of pyridine rings is 1. The van der Waals surface area contributed by atoms with Crippen LogP contribution in [0.15, 0.2) is 52.7 Å². The van der Waals surface area contributed by atoms with Crippen LogP contribution in [0, 0.1) is 17.0 Å². The van der Waals surface area contributed by atoms with Crippen molar-refractivity contribution in [3.05, 3.63) is 64.0 Å². The fourth-order valence-electron chi connectivity index (χ4n) is 2.64. The van der Waals surface area contributed by atoms with E-state index in [9.17, 15) is 23.3 Å². The number of carbonyl (C=O) groups excluding carboxylic acids is 1. The smallest absolute Gasteiger partial charge is 0.308 e. The molecule has 0 radical (unpaired) electrons. The molecule has 0 aliphatic rings. The summed E-state index contributed by atoms with van der Waals surface area (Å²) in [5.41, 5.74) is 1.03. The Labute approximate surface area is 171 Å². The fraction of sp³-hybridized carbons (Fsp3) is 0.167. The summed E-state index contributed by atoms with van der Waals surface area (Å²) in [6.45, 7) is 2.81. The molecule has 0 bridgehead atoms. The second-order valence-electron chi connectivity index (χ2n) is 6.28. The van der Waals surface area contributed by atoms with Crippen molar-refractivity contribution in [2.45, 2.75) is 18.7 Å². The molecule has 0 fully saturated rings. The van der Waals surface area contributed by atoms with E-state index in [1.54, 1.807) is 18.3 Å². The number of nitro benzene ring substituents is 1. The van der Waals surface area contributed by atoms with E-state index < -0.39 is 20.9 Å². The predicted molar refractivity (Wildman–Crippen MR) is 107 cm³/mol. The third kappa shape index (κ3) is 4.12. The molecule has 0 aliphatic heterocycles. The highest BCUT2D eigenvalue weighted by atomic mass is 32.2. The number of aryl methyl sites for hydroxylation is 1. The van der Waals surface area contributed by atoms with Crippen LogP contribution in [0.1, 0.15) is 18.1 Å². The molecule has 1 aromatic carbocycles. The first-order valence-electron chi connectivity index (χ1n) is 8.53. The monoisotopic (exact) mass is 431 g/mol. The molecule has 0 unspecified atom stereocenters. The van der Waals surface area contributed by atoms with Crippen LogP contribution in [0.25, 0.3) is 5.52 Å². The standard InChI is InChI=1S/C18H17N5O6S/c1-12-4-5-15(23(25)26)8-18(12)30(27,28)21(3)19-10-14-11-20-22-7-6-16(9-17(14)22)29-13(2)24/h4-11H,1-3H3. The summed E-state index contributed by atoms with van der Waals surface area (Å²) >= 11 is 0. The van der Waals surface area contributed by atoms with Crippen molar-refractivity contribution < 1.29 is 22.9 Å². The van der Waals surface area contributed by atoms with Gasteiger partial charge >= 0.3 is 5.97 Å². The van der Waals surface area contributed by atoms with E-state index in [-0.39, 0.29) is 10.6 Å². The van der Waals surface area contributed by atoms with Crippen LogP contribution in [0.5, 0.6) is 5.75 Å². The molecule has 3 rings (SSSR count). The van der Waals surface area contributed by atoms with Crippen LogP contribution >= 0.6 is 0 Å². The summed E-state index contributed by atoms with van der Waals surface area (Å²) in [7, 11) is -2.90. The highest BCUT2D eigenvalue weighted by molar-refractivity contribution is 7.89. The Morgan fingerprint density at radius 2 is 2.07 bits per heavy atom. The number of non-ortho nitro benzene ring substituents is 1. The van der Waals surface area contributed by atoms with Gasteiger partial charge in [-0.05, 0) is 18.6 Å². The molecule has 0 aliphatic carbocycles. The fourth-order valence-corrected chi connectivity index (χ4v) is 3.84. The Hall–Kier alpha value is -3.80. The molecule has 0 amide bonds. The van der Waals surface area contributed by atoms with Gasteiger partial charge in [0.05, 0.1) is 27.7 Å². The number of hydrogen-bond acceptors (Lipinski definition) is 8. The Kier molecular flexibility index (Phi) is 5.52. The number of fused-ring (bicyclic) bond motifs is 1. The third-order valence-corrected chi connectivity index (χ3v) is 5.94. The third-order valence-electron chi connectivity index (χ3n) is 4.15. The Morgan fingerprint density at radius 1 is 1.33 bits per heavy atom. The van der Waals surface area contributed by atoms with Gasteiger partial charge in [-0.25, -0.2) is 4.52 Å². The van der Waals surface area contributed by atoms with E-state index in [0.717, 1.165) is 10.5 Å². The first-order valence-corrected chi connectivity index (χ1v) is 9.97. The summed E-state index contributed by atoms with van der Waals surface area (Å²) < 4.78 is 32.9. The number of esters is 1. The number of hydrazone groups is 1. The summed E-state index contributed by atoms with van der Waals surface area (Å²) in [5, 5.41) is 19.1. The van der Waals surface area contributed by atoms with Crippen LogP contribution in [0.2, 0.25) is 0 Å². The summed E-state index contributed by atoms with van der Waals surface area (Å²) in [6.07, 6.45) is 4.33. The molecule has 3 aromatic rings. The molecule has 0 saturated heterocycles. The molecule has 30 heavy (non-hydrogen) atoms. The van der Waals surface area contributed by atoms with Crippen LogP contribution in [0.4, 0.5) is 5.69 Å². The van der Waals surface area contributed by atoms with Crippen molar-refractivity contribution in [1.82, 2.24) is 14.0 Å². The maximum atomic E-state index is 12.8. The maximum Gasteiger partial charge on any atom is 0.308 e. The Bertz CT molecular complexity index is 1280. The van der Waals surface area contributed by atoms with Gasteiger partial charge in [-0.2, -0.15) is 23.0 Å². The van der Waals surface area contributed by atoms with Crippen molar-refractivity contribution in [3.8, 4) is 5.75 Å². The molecular formula is C18H17N5O6S. The van der Waals surface area contributed by atoms with E-state index in [1.807, 2.05) is 0 Å². The van der Waals surface area contributed by atoms with Crippen molar-refractivity contribution in [1.29, 1.82) is 0 Å². The van der Waals surface area contributed by atoms with Crippen molar-refractivity contribution in [3.63, 3.8) is 0 Å². The topological polar surface area (TPSA) is 136 Å². The molecule has 2 heterocycles. The number of ether oxygens (including phenoxy) is 1. The quantitative estimate of drug-likeness (QED) is 0.252. The molecule has 156 valence electrons. The Balaban J connectivity index is 1.93. The molecule has 12 heteroatoms. The van der Waals surface area contributed by atoms with Gasteiger partial charge in [-0.3, -0.25) is 14.9 Å². The summed E-state index contributed by atoms with van der Waals surface area (Å²) in [6, 6.07) is 6.72. The van der Waals surface area contributed by atoms with Gasteiger partial charge in [-0.1, -0.05) is 6.07 Å². The molecule has 11 nitrogen and oxygen atoms in total. The van der Waals surface area contributed by atoms with E-state index in [1.165, 1.54) is 50.0 Å². The summed E-state index contributed by atoms with van der Waals surface area (Å²) in [5.74, 6) is -0.175. The molecule has 0 spiro atoms. The second-order valence-corrected chi connectivity index (χ2v) is 8.19. The predicted octanol–water partition coefficient (Wildman–Crippen LogP) is 2.13. The average Bonchev–Trinajstić information content (AvgIpc) is 3.07. The van der Waals surface area contributed by atoms with Crippen LogP contribution in [-0.4, -0.2) is 46.6 Å². The average molecular weight is 431 g/mol. The van der Waals surface area contributed by atoms with Crippen LogP contribution in [0.3, 0.4) is 0 Å². The van der Waals surface area contributed by atoms with Gasteiger partial charge in [-0.15, -0.1) is 0 Å². The van der Waals surface area contributed by atoms with E-state index >= 15 is 0 Å². The lowest BCUT2D eigenvalue weighted by Crippen LogP contribution is -2.22. The van der Waals surface area contributed by atoms with Crippen molar-refractivity contribution in [2.24, 2.45) is 5.10 Å². The highest BCUT2D eigenvalue weighted by Gasteiger charge is 2.24. The van der Waals surface area contributed by atoms with Gasteiger partial charge in [0, 0.05) is 43.9 Å². The van der Waals surface area contributed by atoms with E-state index in [4.69, 9.17) is 4.74 Å². The zero-order valence-electron chi connectivity index (χ0n) is 16.2. The number of benzene rings is 1. The highest BCUT2D eigenvalue weighted by Crippen LogP contribution is 2.24. The molecule has 2 aromatic heterocycles.